The molecule has 0 amide bonds. The molecule has 0 fully saturated rings. The van der Waals surface area contributed by atoms with E-state index in [0.29, 0.717) is 0 Å². The highest BCUT2D eigenvalue weighted by molar-refractivity contribution is 5.73. The van der Waals surface area contributed by atoms with Crippen molar-refractivity contribution in [1.82, 2.24) is 9.97 Å². The molecule has 1 aromatic heterocycles. The lowest BCUT2D eigenvalue weighted by Gasteiger charge is -1.93. The Bertz CT molecular complexity index is 491. The molecule has 3 heteroatoms. The van der Waals surface area contributed by atoms with Gasteiger partial charge in [0.1, 0.15) is 5.82 Å². The van der Waals surface area contributed by atoms with Crippen LogP contribution in [-0.2, 0) is 6.42 Å². The second-order valence-electron chi connectivity index (χ2n) is 4.01. The molecule has 0 saturated carbocycles. The van der Waals surface area contributed by atoms with Crippen LogP contribution in [0.1, 0.15) is 32.0 Å². The van der Waals surface area contributed by atoms with Gasteiger partial charge in [-0.3, -0.25) is 4.79 Å². The van der Waals surface area contributed by atoms with Crippen molar-refractivity contribution in [3.05, 3.63) is 40.3 Å². The van der Waals surface area contributed by atoms with E-state index in [-0.39, 0.29) is 5.43 Å². The number of unbranched alkanes of at least 4 members (excludes halogenated alkanes) is 2. The molecule has 1 aromatic carbocycles. The molecule has 0 aliphatic carbocycles. The first-order valence-corrected chi connectivity index (χ1v) is 5.78. The number of imidazole rings is 1. The normalized spacial score (nSPS) is 10.8. The van der Waals surface area contributed by atoms with Gasteiger partial charge in [0.25, 0.3) is 0 Å². The Morgan fingerprint density at radius 2 is 2.00 bits per heavy atom. The van der Waals surface area contributed by atoms with E-state index in [4.69, 9.17) is 0 Å². The smallest absolute Gasteiger partial charge is 0.178 e. The number of H-pyrrole nitrogens is 1. The number of hydrogen-bond donors (Lipinski definition) is 1. The third-order valence-electron chi connectivity index (χ3n) is 2.65. The molecule has 3 nitrogen and oxygen atoms in total. The summed E-state index contributed by atoms with van der Waals surface area (Å²) in [6.45, 7) is 2.19. The predicted molar refractivity (Wildman–Crippen MR) is 65.6 cm³/mol. The second kappa shape index (κ2) is 4.92. The zero-order valence-electron chi connectivity index (χ0n) is 9.49. The Hall–Kier alpha value is -1.64. The average molecular weight is 216 g/mol. The minimum atomic E-state index is 0.0129. The Labute approximate surface area is 94.5 Å². The van der Waals surface area contributed by atoms with Gasteiger partial charge >= 0.3 is 0 Å². The standard InChI is InChI=1S/C13H16N2O/c1-2-3-4-5-13-14-11-8-6-10(16)7-9-12(11)15-13/h6-9H,2-5H2,1H3,(H,14,15). The van der Waals surface area contributed by atoms with Gasteiger partial charge in [-0.15, -0.1) is 0 Å². The molecule has 0 radical (unpaired) electrons. The predicted octanol–water partition coefficient (Wildman–Crippen LogP) is 2.66. The van der Waals surface area contributed by atoms with E-state index < -0.39 is 0 Å². The van der Waals surface area contributed by atoms with Crippen LogP contribution in [0.4, 0.5) is 0 Å². The van der Waals surface area contributed by atoms with Crippen molar-refractivity contribution in [2.75, 3.05) is 0 Å². The summed E-state index contributed by atoms with van der Waals surface area (Å²) in [4.78, 5) is 18.9. The van der Waals surface area contributed by atoms with Crippen LogP contribution < -0.4 is 5.43 Å². The quantitative estimate of drug-likeness (QED) is 0.798. The summed E-state index contributed by atoms with van der Waals surface area (Å²) < 4.78 is 0. The second-order valence-corrected chi connectivity index (χ2v) is 4.01. The van der Waals surface area contributed by atoms with Crippen molar-refractivity contribution in [2.24, 2.45) is 0 Å². The summed E-state index contributed by atoms with van der Waals surface area (Å²) in [5, 5.41) is 0. The summed E-state index contributed by atoms with van der Waals surface area (Å²) in [5.74, 6) is 1.02. The molecule has 84 valence electrons. The molecule has 0 unspecified atom stereocenters. The maximum atomic E-state index is 11.1. The van der Waals surface area contributed by atoms with Crippen molar-refractivity contribution < 1.29 is 0 Å². The van der Waals surface area contributed by atoms with Crippen LogP contribution in [0, 0.1) is 0 Å². The van der Waals surface area contributed by atoms with Gasteiger partial charge in [-0.2, -0.15) is 0 Å². The Kier molecular flexibility index (Phi) is 3.34. The molecule has 0 saturated heterocycles. The highest BCUT2D eigenvalue weighted by Gasteiger charge is 2.00. The van der Waals surface area contributed by atoms with E-state index in [1.165, 1.54) is 12.8 Å². The molecule has 16 heavy (non-hydrogen) atoms. The van der Waals surface area contributed by atoms with Gasteiger partial charge in [-0.05, 0) is 30.7 Å². The molecule has 0 atom stereocenters. The number of aromatic nitrogens is 2. The fraction of sp³-hybridized carbons (Fsp3) is 0.385. The van der Waals surface area contributed by atoms with Crippen molar-refractivity contribution in [1.29, 1.82) is 0 Å². The summed E-state index contributed by atoms with van der Waals surface area (Å²) in [6, 6.07) is 6.70. The first kappa shape index (κ1) is 10.9. The van der Waals surface area contributed by atoms with Gasteiger partial charge in [-0.25, -0.2) is 4.98 Å². The number of aromatic amines is 1. The molecule has 0 bridgehead atoms. The lowest BCUT2D eigenvalue weighted by molar-refractivity contribution is 0.700. The number of nitrogens with one attached hydrogen (secondary N) is 1. The molecule has 1 heterocycles. The van der Waals surface area contributed by atoms with E-state index in [2.05, 4.69) is 16.9 Å². The lowest BCUT2D eigenvalue weighted by Crippen LogP contribution is -1.89. The van der Waals surface area contributed by atoms with E-state index in [1.54, 1.807) is 24.3 Å². The minimum absolute atomic E-state index is 0.0129. The van der Waals surface area contributed by atoms with Crippen molar-refractivity contribution in [2.45, 2.75) is 32.6 Å². The van der Waals surface area contributed by atoms with Crippen molar-refractivity contribution in [3.63, 3.8) is 0 Å². The SMILES string of the molecule is CCCCCc1nc2ccc(=O)ccc2[nH]1. The zero-order chi connectivity index (χ0) is 11.4. The van der Waals surface area contributed by atoms with E-state index in [9.17, 15) is 4.79 Å². The minimum Gasteiger partial charge on any atom is -0.342 e. The summed E-state index contributed by atoms with van der Waals surface area (Å²) in [6.07, 6.45) is 4.59. The van der Waals surface area contributed by atoms with Gasteiger partial charge in [0.2, 0.25) is 0 Å². The van der Waals surface area contributed by atoms with Crippen LogP contribution >= 0.6 is 0 Å². The topological polar surface area (TPSA) is 45.8 Å². The molecular weight excluding hydrogens is 200 g/mol. The third kappa shape index (κ3) is 2.48. The molecule has 0 spiro atoms. The van der Waals surface area contributed by atoms with Gasteiger partial charge in [0.05, 0.1) is 11.0 Å². The van der Waals surface area contributed by atoms with E-state index in [0.717, 1.165) is 29.7 Å². The van der Waals surface area contributed by atoms with Crippen molar-refractivity contribution >= 4 is 11.0 Å². The number of hydrogen-bond acceptors (Lipinski definition) is 2. The first-order chi connectivity index (χ1) is 7.79. The highest BCUT2D eigenvalue weighted by atomic mass is 16.1. The molecule has 0 aliphatic rings. The fourth-order valence-electron chi connectivity index (χ4n) is 1.75. The lowest BCUT2D eigenvalue weighted by atomic mass is 10.2. The number of fused-ring (bicyclic) bond motifs is 1. The van der Waals surface area contributed by atoms with Gasteiger partial charge in [-0.1, -0.05) is 19.8 Å². The van der Waals surface area contributed by atoms with Crippen LogP contribution in [0.25, 0.3) is 11.0 Å². The largest absolute Gasteiger partial charge is 0.342 e. The van der Waals surface area contributed by atoms with Gasteiger partial charge in [0.15, 0.2) is 5.43 Å². The van der Waals surface area contributed by atoms with E-state index >= 15 is 0 Å². The Morgan fingerprint density at radius 3 is 2.81 bits per heavy atom. The monoisotopic (exact) mass is 216 g/mol. The first-order valence-electron chi connectivity index (χ1n) is 5.78. The average Bonchev–Trinajstić information content (AvgIpc) is 2.59. The maximum Gasteiger partial charge on any atom is 0.178 e. The summed E-state index contributed by atoms with van der Waals surface area (Å²) in [5.41, 5.74) is 1.82. The van der Waals surface area contributed by atoms with Crippen LogP contribution in [0.3, 0.4) is 0 Å². The summed E-state index contributed by atoms with van der Waals surface area (Å²) in [7, 11) is 0. The third-order valence-corrected chi connectivity index (χ3v) is 2.65. The van der Waals surface area contributed by atoms with Crippen LogP contribution in [0.5, 0.6) is 0 Å². The zero-order valence-corrected chi connectivity index (χ0v) is 9.49. The van der Waals surface area contributed by atoms with E-state index in [1.807, 2.05) is 0 Å². The Balaban J connectivity index is 2.25. The summed E-state index contributed by atoms with van der Waals surface area (Å²) >= 11 is 0. The van der Waals surface area contributed by atoms with Crippen molar-refractivity contribution in [3.8, 4) is 0 Å². The maximum absolute atomic E-state index is 11.1. The van der Waals surface area contributed by atoms with Crippen LogP contribution in [0.15, 0.2) is 29.1 Å². The van der Waals surface area contributed by atoms with Crippen LogP contribution in [-0.4, -0.2) is 9.97 Å². The molecule has 2 aromatic rings. The number of rotatable bonds is 4. The van der Waals surface area contributed by atoms with Gasteiger partial charge in [0, 0.05) is 6.42 Å². The highest BCUT2D eigenvalue weighted by Crippen LogP contribution is 2.10. The number of aryl methyl sites for hydroxylation is 1. The Morgan fingerprint density at radius 1 is 1.19 bits per heavy atom. The number of nitrogens with zero attached hydrogens (tertiary/aromatic N) is 1. The van der Waals surface area contributed by atoms with Gasteiger partial charge < -0.3 is 4.98 Å². The molecule has 2 rings (SSSR count). The van der Waals surface area contributed by atoms with Crippen LogP contribution in [0.2, 0.25) is 0 Å². The molecular formula is C13H16N2O. The molecule has 1 N–H and O–H groups in total. The molecule has 0 aliphatic heterocycles. The fourth-order valence-corrected chi connectivity index (χ4v) is 1.75.